The summed E-state index contributed by atoms with van der Waals surface area (Å²) in [6, 6.07) is 0. The Labute approximate surface area is 53.7 Å². The van der Waals surface area contributed by atoms with Gasteiger partial charge in [0, 0.05) is 0 Å². The first-order valence-corrected chi connectivity index (χ1v) is 1.50. The molecule has 3 heteroatoms. The van der Waals surface area contributed by atoms with Crippen LogP contribution in [0.3, 0.4) is 0 Å². The molecule has 0 nitrogen and oxygen atoms in total. The quantitative estimate of drug-likeness (QED) is 0.194. The van der Waals surface area contributed by atoms with E-state index in [4.69, 9.17) is 0 Å². The van der Waals surface area contributed by atoms with Crippen molar-refractivity contribution in [1.29, 1.82) is 0 Å². The van der Waals surface area contributed by atoms with Crippen molar-refractivity contribution in [3.63, 3.8) is 0 Å². The summed E-state index contributed by atoms with van der Waals surface area (Å²) in [5, 5.41) is 0. The third-order valence-corrected chi connectivity index (χ3v) is 0. The molecule has 0 amide bonds. The molecule has 0 aliphatic carbocycles. The first kappa shape index (κ1) is 17.5. The molecule has 0 bridgehead atoms. The molecule has 0 fully saturated rings. The van der Waals surface area contributed by atoms with Crippen molar-refractivity contribution >= 4 is 9.24 Å². The van der Waals surface area contributed by atoms with E-state index in [9.17, 15) is 0 Å². The standard InChI is InChI=1S/CH4P.2Li/c1-2;;/h2H,1H3;;/q-1;2*+1. The van der Waals surface area contributed by atoms with E-state index in [1.54, 1.807) is 6.66 Å². The number of hydrogen-bond donors (Lipinski definition) is 0. The molecule has 0 saturated carbocycles. The SMILES string of the molecule is C[PH-].[Li+].[Li+]. The van der Waals surface area contributed by atoms with Crippen molar-refractivity contribution in [3.05, 3.63) is 0 Å². The third-order valence-electron chi connectivity index (χ3n) is 0. The topological polar surface area (TPSA) is 0 Å². The first-order valence-electron chi connectivity index (χ1n) is 0.500. The van der Waals surface area contributed by atoms with Crippen molar-refractivity contribution in [3.8, 4) is 0 Å². The molecular weight excluding hydrogens is 56.9 g/mol. The summed E-state index contributed by atoms with van der Waals surface area (Å²) in [6.07, 6.45) is 0. The summed E-state index contributed by atoms with van der Waals surface area (Å²) < 4.78 is 0. The molecule has 0 unspecified atom stereocenters. The summed E-state index contributed by atoms with van der Waals surface area (Å²) >= 11 is 0. The molecule has 0 aromatic heterocycles. The minimum Gasteiger partial charge on any atom is -0.562 e. The van der Waals surface area contributed by atoms with Gasteiger partial charge in [0.25, 0.3) is 0 Å². The van der Waals surface area contributed by atoms with E-state index in [0.717, 1.165) is 0 Å². The van der Waals surface area contributed by atoms with Gasteiger partial charge in [-0.1, -0.05) is 0 Å². The second-order valence-electron chi connectivity index (χ2n) is 0. The predicted octanol–water partition coefficient (Wildman–Crippen LogP) is -5.23. The fraction of sp³-hybridized carbons (Fsp3) is 1.00. The Balaban J connectivity index is -0.00000000500. The summed E-state index contributed by atoms with van der Waals surface area (Å²) in [6.45, 7) is 1.81. The van der Waals surface area contributed by atoms with Crippen LogP contribution in [0.1, 0.15) is 0 Å². The van der Waals surface area contributed by atoms with Crippen molar-refractivity contribution in [2.75, 3.05) is 6.66 Å². The van der Waals surface area contributed by atoms with Crippen LogP contribution in [-0.4, -0.2) is 6.66 Å². The minimum atomic E-state index is 0. The van der Waals surface area contributed by atoms with Crippen LogP contribution in [0.15, 0.2) is 0 Å². The van der Waals surface area contributed by atoms with Crippen molar-refractivity contribution < 1.29 is 37.7 Å². The Bertz CT molecular complexity index is 6.00. The van der Waals surface area contributed by atoms with Gasteiger partial charge >= 0.3 is 37.7 Å². The monoisotopic (exact) mass is 61.0 g/mol. The maximum atomic E-state index is 2.97. The largest absolute Gasteiger partial charge is 1.00 e. The van der Waals surface area contributed by atoms with Gasteiger partial charge in [0.2, 0.25) is 0 Å². The molecule has 0 rings (SSSR count). The summed E-state index contributed by atoms with van der Waals surface area (Å²) in [4.78, 5) is 0. The van der Waals surface area contributed by atoms with Gasteiger partial charge in [0.05, 0.1) is 0 Å². The van der Waals surface area contributed by atoms with E-state index in [1.807, 2.05) is 0 Å². The van der Waals surface area contributed by atoms with Crippen molar-refractivity contribution in [2.45, 2.75) is 0 Å². The fourth-order valence-corrected chi connectivity index (χ4v) is 0. The van der Waals surface area contributed by atoms with Gasteiger partial charge in [0.1, 0.15) is 0 Å². The Kier molecular flexibility index (Phi) is 100. The molecule has 0 atom stereocenters. The summed E-state index contributed by atoms with van der Waals surface area (Å²) in [5.74, 6) is 0. The van der Waals surface area contributed by atoms with Crippen LogP contribution in [0.25, 0.3) is 0 Å². The Hall–Kier alpha value is 1.62. The van der Waals surface area contributed by atoms with Gasteiger partial charge in [0.15, 0.2) is 0 Å². The van der Waals surface area contributed by atoms with Gasteiger partial charge in [-0.05, 0) is 0 Å². The molecule has 0 heterocycles. The van der Waals surface area contributed by atoms with Gasteiger partial charge in [-0.2, -0.15) is 6.66 Å². The van der Waals surface area contributed by atoms with Gasteiger partial charge in [-0.25, -0.2) is 0 Å². The van der Waals surface area contributed by atoms with Crippen LogP contribution < -0.4 is 37.7 Å². The van der Waals surface area contributed by atoms with E-state index in [2.05, 4.69) is 9.24 Å². The zero-order chi connectivity index (χ0) is 2.00. The van der Waals surface area contributed by atoms with Gasteiger partial charge in [-0.15, -0.1) is 0 Å². The van der Waals surface area contributed by atoms with E-state index < -0.39 is 0 Å². The molecule has 0 aliphatic rings. The van der Waals surface area contributed by atoms with Crippen LogP contribution in [0, 0.1) is 0 Å². The zero-order valence-corrected chi connectivity index (χ0v) is 4.50. The molecule has 0 aromatic carbocycles. The summed E-state index contributed by atoms with van der Waals surface area (Å²) in [7, 11) is 2.97. The molecule has 0 saturated heterocycles. The van der Waals surface area contributed by atoms with Crippen molar-refractivity contribution in [2.24, 2.45) is 0 Å². The Morgan fingerprint density at radius 2 is 1.00 bits per heavy atom. The van der Waals surface area contributed by atoms with Crippen LogP contribution in [-0.2, 0) is 0 Å². The summed E-state index contributed by atoms with van der Waals surface area (Å²) in [5.41, 5.74) is 0. The number of rotatable bonds is 0. The van der Waals surface area contributed by atoms with Crippen LogP contribution in [0.5, 0.6) is 0 Å². The third kappa shape index (κ3) is 9.46. The molecule has 0 spiro atoms. The Morgan fingerprint density at radius 1 is 1.00 bits per heavy atom. The Morgan fingerprint density at radius 3 is 1.00 bits per heavy atom. The minimum absolute atomic E-state index is 0. The molecule has 4 heavy (non-hydrogen) atoms. The molecule has 0 aliphatic heterocycles. The predicted molar refractivity (Wildman–Crippen MR) is 14.2 cm³/mol. The van der Waals surface area contributed by atoms with E-state index >= 15 is 0 Å². The van der Waals surface area contributed by atoms with E-state index in [1.165, 1.54) is 0 Å². The van der Waals surface area contributed by atoms with Crippen LogP contribution >= 0.6 is 9.24 Å². The normalized spacial score (nSPS) is 1.50. The van der Waals surface area contributed by atoms with E-state index in [0.29, 0.717) is 0 Å². The molecular formula is CH4Li2P+. The molecule has 0 radical (unpaired) electrons. The van der Waals surface area contributed by atoms with E-state index in [-0.39, 0.29) is 37.7 Å². The second-order valence-corrected chi connectivity index (χ2v) is 0. The molecule has 14 valence electrons. The average molecular weight is 60.9 g/mol. The van der Waals surface area contributed by atoms with Crippen LogP contribution in [0.2, 0.25) is 0 Å². The maximum absolute atomic E-state index is 2.97. The zero-order valence-electron chi connectivity index (χ0n) is 3.50. The van der Waals surface area contributed by atoms with Crippen LogP contribution in [0.4, 0.5) is 0 Å². The first-order chi connectivity index (χ1) is 1.00. The maximum Gasteiger partial charge on any atom is 1.00 e. The molecule has 0 N–H and O–H groups in total. The van der Waals surface area contributed by atoms with Gasteiger partial charge < -0.3 is 9.24 Å². The fourth-order valence-electron chi connectivity index (χ4n) is 0. The van der Waals surface area contributed by atoms with Gasteiger partial charge in [-0.3, -0.25) is 0 Å². The molecule has 0 aromatic rings. The van der Waals surface area contributed by atoms with Crippen molar-refractivity contribution in [1.82, 2.24) is 0 Å². The number of hydrogen-bond acceptors (Lipinski definition) is 0. The second kappa shape index (κ2) is 23.0. The average Bonchev–Trinajstić information content (AvgIpc) is 1.00. The smallest absolute Gasteiger partial charge is 0.562 e.